The molecule has 0 saturated heterocycles. The average Bonchev–Trinajstić information content (AvgIpc) is 3.36. The van der Waals surface area contributed by atoms with E-state index in [4.69, 9.17) is 4.74 Å². The number of carbonyl (C=O) groups is 2. The second-order valence-electron chi connectivity index (χ2n) is 9.68. The summed E-state index contributed by atoms with van der Waals surface area (Å²) in [5.41, 5.74) is 2.05. The van der Waals surface area contributed by atoms with Gasteiger partial charge in [0.25, 0.3) is 0 Å². The molecular weight excluding hydrogens is 450 g/mol. The van der Waals surface area contributed by atoms with Crippen molar-refractivity contribution in [1.29, 1.82) is 0 Å². The molecule has 0 bridgehead atoms. The van der Waals surface area contributed by atoms with Crippen LogP contribution < -0.4 is 4.74 Å². The monoisotopic (exact) mass is 487 g/mol. The number of aromatic nitrogens is 1. The fraction of sp³-hybridized carbons (Fsp3) is 0.400. The lowest BCUT2D eigenvalue weighted by molar-refractivity contribution is -0.143. The Balaban J connectivity index is 1.58. The number of benzene rings is 2. The molecule has 1 atom stereocenters. The van der Waals surface area contributed by atoms with E-state index in [0.29, 0.717) is 13.0 Å². The average molecular weight is 488 g/mol. The molecule has 1 aromatic heterocycles. The number of para-hydroxylation sites is 1. The van der Waals surface area contributed by atoms with Crippen LogP contribution in [0.25, 0.3) is 0 Å². The number of rotatable bonds is 10. The van der Waals surface area contributed by atoms with Crippen LogP contribution in [0.2, 0.25) is 0 Å². The predicted octanol–water partition coefficient (Wildman–Crippen LogP) is 6.03. The molecule has 2 amide bonds. The van der Waals surface area contributed by atoms with Crippen LogP contribution in [0.1, 0.15) is 63.8 Å². The number of hydrogen-bond donors (Lipinski definition) is 0. The first-order chi connectivity index (χ1) is 17.5. The summed E-state index contributed by atoms with van der Waals surface area (Å²) in [6.45, 7) is 7.50. The van der Waals surface area contributed by atoms with Gasteiger partial charge in [-0.2, -0.15) is 0 Å². The standard InChI is InChI=1S/C30H37N3O3/c1-4-5-7-17-28(34)33(23(2)3)22-29(35)32-20-19-31-18-11-16-27(31)30(32)24-12-10-15-26(21-24)36-25-13-8-6-9-14-25/h6,8-16,18,21,23,30H,4-5,7,17,19-20,22H2,1-3H3. The Morgan fingerprint density at radius 1 is 0.972 bits per heavy atom. The Bertz CT molecular complexity index is 1160. The highest BCUT2D eigenvalue weighted by molar-refractivity contribution is 5.85. The molecule has 0 radical (unpaired) electrons. The maximum Gasteiger partial charge on any atom is 0.243 e. The van der Waals surface area contributed by atoms with Gasteiger partial charge in [-0.3, -0.25) is 9.59 Å². The van der Waals surface area contributed by atoms with Crippen LogP contribution in [0.3, 0.4) is 0 Å². The molecule has 190 valence electrons. The number of fused-ring (bicyclic) bond motifs is 1. The minimum atomic E-state index is -0.246. The first-order valence-electron chi connectivity index (χ1n) is 13.0. The highest BCUT2D eigenvalue weighted by atomic mass is 16.5. The van der Waals surface area contributed by atoms with E-state index in [1.54, 1.807) is 4.90 Å². The summed E-state index contributed by atoms with van der Waals surface area (Å²) in [6, 6.07) is 21.5. The number of nitrogens with zero attached hydrogens (tertiary/aromatic N) is 3. The van der Waals surface area contributed by atoms with E-state index < -0.39 is 0 Å². The lowest BCUT2D eigenvalue weighted by Crippen LogP contribution is -2.49. The molecule has 3 aromatic rings. The second-order valence-corrected chi connectivity index (χ2v) is 9.68. The van der Waals surface area contributed by atoms with Gasteiger partial charge in [-0.1, -0.05) is 50.1 Å². The van der Waals surface area contributed by atoms with Gasteiger partial charge < -0.3 is 19.1 Å². The molecule has 2 heterocycles. The van der Waals surface area contributed by atoms with Gasteiger partial charge in [0.1, 0.15) is 18.0 Å². The van der Waals surface area contributed by atoms with Crippen molar-refractivity contribution in [2.45, 2.75) is 65.1 Å². The molecule has 0 N–H and O–H groups in total. The van der Waals surface area contributed by atoms with Crippen LogP contribution in [0.4, 0.5) is 0 Å². The Morgan fingerprint density at radius 2 is 1.75 bits per heavy atom. The molecule has 6 heteroatoms. The molecule has 1 unspecified atom stereocenters. The number of carbonyl (C=O) groups excluding carboxylic acids is 2. The second kappa shape index (κ2) is 11.9. The normalized spacial score (nSPS) is 15.0. The van der Waals surface area contributed by atoms with Gasteiger partial charge in [0.2, 0.25) is 11.8 Å². The van der Waals surface area contributed by atoms with E-state index in [1.807, 2.05) is 79.4 Å². The molecule has 0 fully saturated rings. The summed E-state index contributed by atoms with van der Waals surface area (Å²) in [5.74, 6) is 1.52. The predicted molar refractivity (Wildman–Crippen MR) is 142 cm³/mol. The molecular formula is C30H37N3O3. The quantitative estimate of drug-likeness (QED) is 0.328. The third kappa shape index (κ3) is 5.99. The smallest absolute Gasteiger partial charge is 0.243 e. The largest absolute Gasteiger partial charge is 0.457 e. The van der Waals surface area contributed by atoms with Crippen molar-refractivity contribution < 1.29 is 14.3 Å². The highest BCUT2D eigenvalue weighted by Gasteiger charge is 2.34. The van der Waals surface area contributed by atoms with Gasteiger partial charge >= 0.3 is 0 Å². The highest BCUT2D eigenvalue weighted by Crippen LogP contribution is 2.35. The van der Waals surface area contributed by atoms with Gasteiger partial charge in [-0.15, -0.1) is 0 Å². The Hall–Kier alpha value is -3.54. The molecule has 2 aromatic carbocycles. The number of amides is 2. The number of unbranched alkanes of at least 4 members (excludes halogenated alkanes) is 2. The molecule has 0 aliphatic carbocycles. The summed E-state index contributed by atoms with van der Waals surface area (Å²) in [7, 11) is 0. The first-order valence-corrected chi connectivity index (χ1v) is 13.0. The fourth-order valence-corrected chi connectivity index (χ4v) is 4.84. The SMILES string of the molecule is CCCCCC(=O)N(CC(=O)N1CCn2cccc2C1c1cccc(Oc2ccccc2)c1)C(C)C. The zero-order valence-electron chi connectivity index (χ0n) is 21.6. The van der Waals surface area contributed by atoms with Crippen molar-refractivity contribution in [3.8, 4) is 11.5 Å². The summed E-state index contributed by atoms with van der Waals surface area (Å²) in [5, 5.41) is 0. The van der Waals surface area contributed by atoms with E-state index in [1.165, 1.54) is 0 Å². The van der Waals surface area contributed by atoms with E-state index in [0.717, 1.165) is 48.6 Å². The van der Waals surface area contributed by atoms with Gasteiger partial charge in [-0.05, 0) is 62.2 Å². The summed E-state index contributed by atoms with van der Waals surface area (Å²) >= 11 is 0. The van der Waals surface area contributed by atoms with E-state index >= 15 is 0 Å². The molecule has 36 heavy (non-hydrogen) atoms. The first kappa shape index (κ1) is 25.5. The van der Waals surface area contributed by atoms with E-state index in [9.17, 15) is 9.59 Å². The molecule has 1 aliphatic rings. The van der Waals surface area contributed by atoms with Crippen molar-refractivity contribution >= 4 is 11.8 Å². The van der Waals surface area contributed by atoms with Gasteiger partial charge in [0, 0.05) is 37.4 Å². The fourth-order valence-electron chi connectivity index (χ4n) is 4.84. The van der Waals surface area contributed by atoms with E-state index in [2.05, 4.69) is 23.8 Å². The third-order valence-corrected chi connectivity index (χ3v) is 6.75. The van der Waals surface area contributed by atoms with Crippen LogP contribution >= 0.6 is 0 Å². The van der Waals surface area contributed by atoms with Crippen LogP contribution in [-0.2, 0) is 16.1 Å². The Kier molecular flexibility index (Phi) is 8.47. The zero-order chi connectivity index (χ0) is 25.5. The molecule has 4 rings (SSSR count). The summed E-state index contributed by atoms with van der Waals surface area (Å²) < 4.78 is 8.29. The van der Waals surface area contributed by atoms with Gasteiger partial charge in [0.15, 0.2) is 0 Å². The van der Waals surface area contributed by atoms with Gasteiger partial charge in [0.05, 0.1) is 6.04 Å². The summed E-state index contributed by atoms with van der Waals surface area (Å²) in [6.07, 6.45) is 5.51. The maximum absolute atomic E-state index is 13.7. The third-order valence-electron chi connectivity index (χ3n) is 6.75. The molecule has 6 nitrogen and oxygen atoms in total. The minimum Gasteiger partial charge on any atom is -0.457 e. The van der Waals surface area contributed by atoms with Crippen LogP contribution in [0, 0.1) is 0 Å². The molecule has 1 aliphatic heterocycles. The molecule has 0 saturated carbocycles. The lowest BCUT2D eigenvalue weighted by Gasteiger charge is -2.39. The van der Waals surface area contributed by atoms with E-state index in [-0.39, 0.29) is 30.4 Å². The van der Waals surface area contributed by atoms with Gasteiger partial charge in [-0.25, -0.2) is 0 Å². The Labute approximate surface area is 214 Å². The van der Waals surface area contributed by atoms with Crippen molar-refractivity contribution in [3.05, 3.63) is 84.2 Å². The molecule has 0 spiro atoms. The van der Waals surface area contributed by atoms with Crippen molar-refractivity contribution in [3.63, 3.8) is 0 Å². The number of hydrogen-bond acceptors (Lipinski definition) is 3. The van der Waals surface area contributed by atoms with Crippen molar-refractivity contribution in [1.82, 2.24) is 14.4 Å². The topological polar surface area (TPSA) is 54.8 Å². The van der Waals surface area contributed by atoms with Crippen LogP contribution in [0.5, 0.6) is 11.5 Å². The maximum atomic E-state index is 13.7. The zero-order valence-corrected chi connectivity index (χ0v) is 21.6. The van der Waals surface area contributed by atoms with Crippen molar-refractivity contribution in [2.24, 2.45) is 0 Å². The van der Waals surface area contributed by atoms with Crippen LogP contribution in [0.15, 0.2) is 72.9 Å². The minimum absolute atomic E-state index is 0.0284. The lowest BCUT2D eigenvalue weighted by atomic mass is 9.99. The Morgan fingerprint density at radius 3 is 2.50 bits per heavy atom. The number of ether oxygens (including phenoxy) is 1. The van der Waals surface area contributed by atoms with Crippen LogP contribution in [-0.4, -0.2) is 45.3 Å². The van der Waals surface area contributed by atoms with Crippen molar-refractivity contribution in [2.75, 3.05) is 13.1 Å². The summed E-state index contributed by atoms with van der Waals surface area (Å²) in [4.78, 5) is 30.3.